The highest BCUT2D eigenvalue weighted by Crippen LogP contribution is 2.79. The Morgan fingerprint density at radius 2 is 2.19 bits per heavy atom. The van der Waals surface area contributed by atoms with Crippen LogP contribution in [0.4, 0.5) is 0 Å². The largest absolute Gasteiger partial charge is 0.504 e. The average molecular weight is 372 g/mol. The lowest BCUT2D eigenvalue weighted by Crippen LogP contribution is -2.63. The normalized spacial score (nSPS) is 40.1. The average Bonchev–Trinajstić information content (AvgIpc) is 3.29. The smallest absolute Gasteiger partial charge is 0.303 e. The molecule has 2 bridgehead atoms. The van der Waals surface area contributed by atoms with Gasteiger partial charge in [0.05, 0.1) is 12.5 Å². The van der Waals surface area contributed by atoms with Gasteiger partial charge in [-0.15, -0.1) is 0 Å². The maximum Gasteiger partial charge on any atom is 0.303 e. The van der Waals surface area contributed by atoms with Gasteiger partial charge in [0, 0.05) is 29.9 Å². The van der Waals surface area contributed by atoms with E-state index in [1.54, 1.807) is 6.07 Å². The Kier molecular flexibility index (Phi) is 3.22. The highest BCUT2D eigenvalue weighted by molar-refractivity contribution is 6.01. The minimum Gasteiger partial charge on any atom is -0.504 e. The number of piperidine rings is 1. The van der Waals surface area contributed by atoms with Gasteiger partial charge in [-0.2, -0.15) is 0 Å². The number of benzene rings is 1. The number of hydrogen-bond donors (Lipinski definition) is 2. The Hall–Kier alpha value is -2.28. The summed E-state index contributed by atoms with van der Waals surface area (Å²) in [5.74, 6) is 0.207. The molecule has 27 heavy (non-hydrogen) atoms. The number of nitrogens with zero attached hydrogens (tertiary/aromatic N) is 2. The summed E-state index contributed by atoms with van der Waals surface area (Å²) in [5, 5.41) is 24.5. The van der Waals surface area contributed by atoms with Crippen LogP contribution in [0.2, 0.25) is 0 Å². The summed E-state index contributed by atoms with van der Waals surface area (Å²) < 4.78 is 11.2. The van der Waals surface area contributed by atoms with E-state index in [0.29, 0.717) is 11.5 Å². The second-order valence-electron chi connectivity index (χ2n) is 8.38. The summed E-state index contributed by atoms with van der Waals surface area (Å²) in [6.07, 6.45) is 1.76. The molecule has 3 aliphatic carbocycles. The number of aromatic hydroxyl groups is 1. The van der Waals surface area contributed by atoms with E-state index in [4.69, 9.17) is 9.47 Å². The van der Waals surface area contributed by atoms with Crippen molar-refractivity contribution in [1.82, 2.24) is 4.90 Å². The summed E-state index contributed by atoms with van der Waals surface area (Å²) in [6.45, 7) is 2.20. The zero-order valence-electron chi connectivity index (χ0n) is 15.7. The molecule has 2 saturated carbocycles. The molecule has 1 spiro atoms. The summed E-state index contributed by atoms with van der Waals surface area (Å²) in [6, 6.07) is 4.05. The topological polar surface area (TPSA) is 91.6 Å². The standard InChI is InChI=1S/C20H24N2O5/c1-10(23)27-18-16(21-25)12-9-20(12)14-8-11-4-5-13(26-3)17(24)15(11)19(18,20)6-7-22(14)2/h4-5,12,14,18,24-25H,6-9H2,1-3H3/b21-16-/t12?,14-,18-,19?,20?/m1/s1. The van der Waals surface area contributed by atoms with Crippen LogP contribution >= 0.6 is 0 Å². The fourth-order valence-electron chi connectivity index (χ4n) is 6.68. The number of phenolic OH excluding ortho intramolecular Hbond substituents is 1. The number of hydrogen-bond acceptors (Lipinski definition) is 7. The third-order valence-corrected chi connectivity index (χ3v) is 7.60. The van der Waals surface area contributed by atoms with Gasteiger partial charge in [0.15, 0.2) is 17.6 Å². The van der Waals surface area contributed by atoms with Crippen LogP contribution in [0.5, 0.6) is 11.5 Å². The van der Waals surface area contributed by atoms with Crippen molar-refractivity contribution in [2.24, 2.45) is 16.5 Å². The predicted octanol–water partition coefficient (Wildman–Crippen LogP) is 1.68. The summed E-state index contributed by atoms with van der Waals surface area (Å²) in [7, 11) is 3.66. The van der Waals surface area contributed by atoms with Gasteiger partial charge in [0.1, 0.15) is 5.71 Å². The first-order chi connectivity index (χ1) is 12.9. The van der Waals surface area contributed by atoms with E-state index in [1.807, 2.05) is 6.07 Å². The molecule has 144 valence electrons. The summed E-state index contributed by atoms with van der Waals surface area (Å²) in [5.41, 5.74) is 1.64. The first kappa shape index (κ1) is 16.9. The molecular weight excluding hydrogens is 348 g/mol. The zero-order valence-corrected chi connectivity index (χ0v) is 15.7. The quantitative estimate of drug-likeness (QED) is 0.466. The van der Waals surface area contributed by atoms with Gasteiger partial charge >= 0.3 is 5.97 Å². The molecule has 1 aromatic carbocycles. The Morgan fingerprint density at radius 3 is 2.85 bits per heavy atom. The lowest BCUT2D eigenvalue weighted by Gasteiger charge is -2.57. The van der Waals surface area contributed by atoms with Crippen LogP contribution in [0.15, 0.2) is 17.3 Å². The number of likely N-dealkylation sites (N-methyl/N-ethyl adjacent to an activating group) is 1. The van der Waals surface area contributed by atoms with Crippen LogP contribution in [-0.2, 0) is 21.4 Å². The van der Waals surface area contributed by atoms with Crippen molar-refractivity contribution < 1.29 is 24.6 Å². The molecule has 1 aromatic rings. The van der Waals surface area contributed by atoms with Crippen LogP contribution in [0, 0.1) is 11.3 Å². The molecule has 1 heterocycles. The molecule has 0 radical (unpaired) electrons. The highest BCUT2D eigenvalue weighted by Gasteiger charge is 2.84. The lowest BCUT2D eigenvalue weighted by atomic mass is 9.54. The van der Waals surface area contributed by atoms with Gasteiger partial charge < -0.3 is 24.7 Å². The number of fused-ring (bicyclic) bond motifs is 1. The number of carbonyl (C=O) groups is 1. The number of carbonyl (C=O) groups excluding carboxylic acids is 1. The number of rotatable bonds is 2. The van der Waals surface area contributed by atoms with E-state index in [2.05, 4.69) is 17.1 Å². The first-order valence-electron chi connectivity index (χ1n) is 9.41. The molecule has 4 aliphatic rings. The Balaban J connectivity index is 1.83. The molecule has 2 N–H and O–H groups in total. The third kappa shape index (κ3) is 1.72. The number of phenols is 1. The molecule has 7 nitrogen and oxygen atoms in total. The minimum atomic E-state index is -0.660. The Morgan fingerprint density at radius 1 is 1.41 bits per heavy atom. The van der Waals surface area contributed by atoms with E-state index in [0.717, 1.165) is 36.9 Å². The van der Waals surface area contributed by atoms with E-state index in [1.165, 1.54) is 14.0 Å². The van der Waals surface area contributed by atoms with E-state index < -0.39 is 17.5 Å². The first-order valence-corrected chi connectivity index (χ1v) is 9.41. The lowest BCUT2D eigenvalue weighted by molar-refractivity contribution is -0.150. The second-order valence-corrected chi connectivity index (χ2v) is 8.38. The van der Waals surface area contributed by atoms with Crippen molar-refractivity contribution >= 4 is 11.7 Å². The highest BCUT2D eigenvalue weighted by atomic mass is 16.5. The maximum absolute atomic E-state index is 11.9. The zero-order chi connectivity index (χ0) is 19.1. The second kappa shape index (κ2) is 5.16. The minimum absolute atomic E-state index is 0.0679. The molecule has 5 rings (SSSR count). The number of oxime groups is 1. The molecule has 0 aromatic heterocycles. The van der Waals surface area contributed by atoms with Crippen molar-refractivity contribution in [2.75, 3.05) is 20.7 Å². The van der Waals surface area contributed by atoms with Gasteiger partial charge in [-0.05, 0) is 44.5 Å². The van der Waals surface area contributed by atoms with Gasteiger partial charge in [0.25, 0.3) is 0 Å². The van der Waals surface area contributed by atoms with Crippen LogP contribution in [0.3, 0.4) is 0 Å². The molecule has 0 amide bonds. The SMILES string of the molecule is COc1ccc2c(c1O)C13CCN(C)[C@H](C2)C12CC2/C(=N/O)[C@H]3OC(C)=O. The molecule has 1 aliphatic heterocycles. The monoisotopic (exact) mass is 372 g/mol. The van der Waals surface area contributed by atoms with E-state index in [9.17, 15) is 15.1 Å². The van der Waals surface area contributed by atoms with Gasteiger partial charge in [-0.25, -0.2) is 0 Å². The van der Waals surface area contributed by atoms with E-state index >= 15 is 0 Å². The predicted molar refractivity (Wildman–Crippen MR) is 96.4 cm³/mol. The third-order valence-electron chi connectivity index (χ3n) is 7.60. The van der Waals surface area contributed by atoms with Crippen LogP contribution in [0.25, 0.3) is 0 Å². The molecule has 3 fully saturated rings. The molecule has 7 heteroatoms. The van der Waals surface area contributed by atoms with Crippen LogP contribution in [-0.4, -0.2) is 59.7 Å². The van der Waals surface area contributed by atoms with Crippen LogP contribution < -0.4 is 4.74 Å². The van der Waals surface area contributed by atoms with Crippen LogP contribution in [0.1, 0.15) is 30.9 Å². The molecule has 5 atom stereocenters. The Bertz CT molecular complexity index is 883. The molecule has 3 unspecified atom stereocenters. The Labute approximate surface area is 157 Å². The maximum atomic E-state index is 11.9. The summed E-state index contributed by atoms with van der Waals surface area (Å²) >= 11 is 0. The van der Waals surface area contributed by atoms with Gasteiger partial charge in [-0.3, -0.25) is 4.79 Å². The molecule has 1 saturated heterocycles. The van der Waals surface area contributed by atoms with E-state index in [-0.39, 0.29) is 23.1 Å². The van der Waals surface area contributed by atoms with Gasteiger partial charge in [-0.1, -0.05) is 11.2 Å². The molecular formula is C20H24N2O5. The number of esters is 1. The van der Waals surface area contributed by atoms with Crippen molar-refractivity contribution in [3.8, 4) is 11.5 Å². The number of methoxy groups -OCH3 is 1. The number of likely N-dealkylation sites (tertiary alicyclic amines) is 1. The number of ether oxygens (including phenoxy) is 2. The van der Waals surface area contributed by atoms with Crippen molar-refractivity contribution in [3.05, 3.63) is 23.3 Å². The van der Waals surface area contributed by atoms with Crippen molar-refractivity contribution in [2.45, 2.75) is 43.7 Å². The fourth-order valence-corrected chi connectivity index (χ4v) is 6.68. The van der Waals surface area contributed by atoms with Crippen molar-refractivity contribution in [3.63, 3.8) is 0 Å². The van der Waals surface area contributed by atoms with Crippen molar-refractivity contribution in [1.29, 1.82) is 0 Å². The summed E-state index contributed by atoms with van der Waals surface area (Å²) in [4.78, 5) is 14.3. The fraction of sp³-hybridized carbons (Fsp3) is 0.600. The van der Waals surface area contributed by atoms with Gasteiger partial charge in [0.2, 0.25) is 0 Å².